The van der Waals surface area contributed by atoms with E-state index in [1.54, 1.807) is 7.11 Å². The van der Waals surface area contributed by atoms with E-state index in [1.807, 2.05) is 19.2 Å². The summed E-state index contributed by atoms with van der Waals surface area (Å²) in [4.78, 5) is 6.93. The average Bonchev–Trinajstić information content (AvgIpc) is 3.28. The van der Waals surface area contributed by atoms with Crippen molar-refractivity contribution >= 4 is 5.96 Å². The number of ether oxygens (including phenoxy) is 3. The molecule has 2 aliphatic heterocycles. The van der Waals surface area contributed by atoms with Crippen molar-refractivity contribution in [3.8, 4) is 5.75 Å². The Kier molecular flexibility index (Phi) is 8.39. The van der Waals surface area contributed by atoms with Crippen molar-refractivity contribution in [3.63, 3.8) is 0 Å². The third-order valence-electron chi connectivity index (χ3n) is 5.59. The van der Waals surface area contributed by atoms with Gasteiger partial charge in [0.2, 0.25) is 0 Å². The van der Waals surface area contributed by atoms with E-state index in [-0.39, 0.29) is 0 Å². The second-order valence-corrected chi connectivity index (χ2v) is 7.32. The van der Waals surface area contributed by atoms with Gasteiger partial charge in [-0.25, -0.2) is 0 Å². The monoisotopic (exact) mass is 390 g/mol. The quantitative estimate of drug-likeness (QED) is 0.513. The summed E-state index contributed by atoms with van der Waals surface area (Å²) in [5, 5.41) is 6.96. The second kappa shape index (κ2) is 11.2. The molecule has 2 atom stereocenters. The number of methoxy groups -OCH3 is 1. The highest BCUT2D eigenvalue weighted by atomic mass is 16.5. The average molecular weight is 391 g/mol. The summed E-state index contributed by atoms with van der Waals surface area (Å²) in [6.07, 6.45) is 2.07. The third kappa shape index (κ3) is 6.09. The lowest BCUT2D eigenvalue weighted by Gasteiger charge is -2.37. The maximum atomic E-state index is 5.65. The minimum absolute atomic E-state index is 0.450. The van der Waals surface area contributed by atoms with Crippen LogP contribution >= 0.6 is 0 Å². The largest absolute Gasteiger partial charge is 0.497 e. The maximum Gasteiger partial charge on any atom is 0.191 e. The highest BCUT2D eigenvalue weighted by molar-refractivity contribution is 5.79. The zero-order valence-corrected chi connectivity index (χ0v) is 17.2. The second-order valence-electron chi connectivity index (χ2n) is 7.32. The van der Waals surface area contributed by atoms with Gasteiger partial charge in [0.25, 0.3) is 0 Å². The summed E-state index contributed by atoms with van der Waals surface area (Å²) in [6.45, 7) is 7.06. The normalized spacial score (nSPS) is 22.1. The van der Waals surface area contributed by atoms with Crippen LogP contribution in [0.3, 0.4) is 0 Å². The number of guanidine groups is 1. The molecular weight excluding hydrogens is 356 g/mol. The van der Waals surface area contributed by atoms with Crippen molar-refractivity contribution in [2.24, 2.45) is 10.9 Å². The van der Waals surface area contributed by atoms with E-state index in [1.165, 1.54) is 5.56 Å². The Morgan fingerprint density at radius 3 is 2.61 bits per heavy atom. The first kappa shape index (κ1) is 20.9. The van der Waals surface area contributed by atoms with Crippen LogP contribution in [-0.2, 0) is 15.9 Å². The van der Waals surface area contributed by atoms with Crippen LogP contribution in [0.2, 0.25) is 0 Å². The van der Waals surface area contributed by atoms with E-state index in [0.29, 0.717) is 12.0 Å². The zero-order valence-electron chi connectivity index (χ0n) is 17.2. The van der Waals surface area contributed by atoms with Crippen LogP contribution in [0, 0.1) is 5.92 Å². The molecule has 156 valence electrons. The molecule has 2 heterocycles. The Morgan fingerprint density at radius 2 is 1.96 bits per heavy atom. The molecule has 0 spiro atoms. The van der Waals surface area contributed by atoms with Crippen molar-refractivity contribution in [1.82, 2.24) is 15.5 Å². The van der Waals surface area contributed by atoms with Crippen LogP contribution in [0.15, 0.2) is 29.3 Å². The van der Waals surface area contributed by atoms with E-state index in [2.05, 4.69) is 32.7 Å². The molecular formula is C21H34N4O3. The van der Waals surface area contributed by atoms with Crippen LogP contribution in [0.5, 0.6) is 5.75 Å². The van der Waals surface area contributed by atoms with Crippen molar-refractivity contribution in [1.29, 1.82) is 0 Å². The Bertz CT molecular complexity index is 596. The van der Waals surface area contributed by atoms with Gasteiger partial charge in [0.15, 0.2) is 5.96 Å². The summed E-state index contributed by atoms with van der Waals surface area (Å²) in [7, 11) is 3.51. The van der Waals surface area contributed by atoms with Gasteiger partial charge in [0.05, 0.1) is 26.9 Å². The molecule has 2 saturated heterocycles. The van der Waals surface area contributed by atoms with Crippen LogP contribution in [0.25, 0.3) is 0 Å². The van der Waals surface area contributed by atoms with Gasteiger partial charge in [0, 0.05) is 51.8 Å². The van der Waals surface area contributed by atoms with Gasteiger partial charge in [0.1, 0.15) is 5.75 Å². The Hall–Kier alpha value is -1.83. The maximum absolute atomic E-state index is 5.65. The molecule has 3 rings (SSSR count). The molecule has 7 heteroatoms. The molecule has 2 unspecified atom stereocenters. The number of hydrogen-bond acceptors (Lipinski definition) is 5. The number of nitrogens with zero attached hydrogens (tertiary/aromatic N) is 2. The molecule has 0 radical (unpaired) electrons. The summed E-state index contributed by atoms with van der Waals surface area (Å²) in [5.74, 6) is 2.31. The van der Waals surface area contributed by atoms with Gasteiger partial charge in [-0.3, -0.25) is 9.89 Å². The highest BCUT2D eigenvalue weighted by Gasteiger charge is 2.31. The zero-order chi connectivity index (χ0) is 19.6. The van der Waals surface area contributed by atoms with Gasteiger partial charge in [-0.05, 0) is 30.5 Å². The smallest absolute Gasteiger partial charge is 0.191 e. The molecule has 2 N–H and O–H groups in total. The fourth-order valence-corrected chi connectivity index (χ4v) is 3.90. The van der Waals surface area contributed by atoms with Crippen LogP contribution in [-0.4, -0.2) is 83.7 Å². The predicted octanol–water partition coefficient (Wildman–Crippen LogP) is 1.14. The van der Waals surface area contributed by atoms with Gasteiger partial charge in [-0.1, -0.05) is 12.1 Å². The number of hydrogen-bond donors (Lipinski definition) is 2. The number of rotatable bonds is 8. The van der Waals surface area contributed by atoms with E-state index >= 15 is 0 Å². The Balaban J connectivity index is 1.46. The number of benzene rings is 1. The fourth-order valence-electron chi connectivity index (χ4n) is 3.90. The first-order valence-electron chi connectivity index (χ1n) is 10.3. The summed E-state index contributed by atoms with van der Waals surface area (Å²) >= 11 is 0. The molecule has 0 saturated carbocycles. The van der Waals surface area contributed by atoms with Crippen LogP contribution in [0.4, 0.5) is 0 Å². The summed E-state index contributed by atoms with van der Waals surface area (Å²) in [5.41, 5.74) is 1.28. The molecule has 2 fully saturated rings. The molecule has 0 bridgehead atoms. The van der Waals surface area contributed by atoms with Crippen molar-refractivity contribution in [2.75, 3.05) is 66.8 Å². The lowest BCUT2D eigenvalue weighted by Crippen LogP contribution is -2.53. The van der Waals surface area contributed by atoms with Crippen molar-refractivity contribution < 1.29 is 14.2 Å². The standard InChI is InChI=1S/C21H34N4O3/c1-22-21(23-9-7-17-3-5-19(26-2)6-4-17)24-15-20(18-8-12-28-16-18)25-10-13-27-14-11-25/h3-6,18,20H,7-16H2,1-2H3,(H2,22,23,24). The Labute approximate surface area is 168 Å². The molecule has 0 aliphatic carbocycles. The Morgan fingerprint density at radius 1 is 1.18 bits per heavy atom. The molecule has 1 aromatic rings. The predicted molar refractivity (Wildman–Crippen MR) is 111 cm³/mol. The van der Waals surface area contributed by atoms with E-state index < -0.39 is 0 Å². The fraction of sp³-hybridized carbons (Fsp3) is 0.667. The van der Waals surface area contributed by atoms with E-state index in [4.69, 9.17) is 14.2 Å². The lowest BCUT2D eigenvalue weighted by atomic mass is 9.97. The highest BCUT2D eigenvalue weighted by Crippen LogP contribution is 2.21. The minimum Gasteiger partial charge on any atom is -0.497 e. The summed E-state index contributed by atoms with van der Waals surface area (Å²) < 4.78 is 16.4. The lowest BCUT2D eigenvalue weighted by molar-refractivity contribution is 0.00247. The molecule has 0 aromatic heterocycles. The first-order chi connectivity index (χ1) is 13.8. The van der Waals surface area contributed by atoms with E-state index in [0.717, 1.165) is 77.2 Å². The number of nitrogens with one attached hydrogen (secondary N) is 2. The minimum atomic E-state index is 0.450. The topological polar surface area (TPSA) is 67.4 Å². The SMILES string of the molecule is CN=C(NCCc1ccc(OC)cc1)NCC(C1CCOC1)N1CCOCC1. The third-order valence-corrected chi connectivity index (χ3v) is 5.59. The molecule has 28 heavy (non-hydrogen) atoms. The van der Waals surface area contributed by atoms with E-state index in [9.17, 15) is 0 Å². The molecule has 0 amide bonds. The van der Waals surface area contributed by atoms with Crippen molar-refractivity contribution in [3.05, 3.63) is 29.8 Å². The molecule has 1 aromatic carbocycles. The van der Waals surface area contributed by atoms with Gasteiger partial charge >= 0.3 is 0 Å². The van der Waals surface area contributed by atoms with Gasteiger partial charge in [-0.2, -0.15) is 0 Å². The van der Waals surface area contributed by atoms with Gasteiger partial charge < -0.3 is 24.8 Å². The van der Waals surface area contributed by atoms with Crippen molar-refractivity contribution in [2.45, 2.75) is 18.9 Å². The summed E-state index contributed by atoms with van der Waals surface area (Å²) in [6, 6.07) is 8.65. The first-order valence-corrected chi connectivity index (χ1v) is 10.3. The van der Waals surface area contributed by atoms with Gasteiger partial charge in [-0.15, -0.1) is 0 Å². The number of morpholine rings is 1. The number of aliphatic imine (C=N–C) groups is 1. The van der Waals surface area contributed by atoms with Crippen LogP contribution in [0.1, 0.15) is 12.0 Å². The van der Waals surface area contributed by atoms with Crippen LogP contribution < -0.4 is 15.4 Å². The molecule has 7 nitrogen and oxygen atoms in total. The molecule has 2 aliphatic rings.